The number of esters is 1. The number of carbonyl (C=O) groups excluding carboxylic acids is 4. The molecule has 3 aromatic rings. The van der Waals surface area contributed by atoms with Crippen LogP contribution in [0.5, 0.6) is 0 Å². The molecule has 1 aromatic heterocycles. The topological polar surface area (TPSA) is 105 Å². The molecule has 0 saturated heterocycles. The van der Waals surface area contributed by atoms with Gasteiger partial charge in [0.15, 0.2) is 5.11 Å². The molecule has 1 aliphatic carbocycles. The summed E-state index contributed by atoms with van der Waals surface area (Å²) in [7, 11) is 0. The lowest BCUT2D eigenvalue weighted by Crippen LogP contribution is -2.41. The van der Waals surface area contributed by atoms with Crippen LogP contribution in [0.1, 0.15) is 67.7 Å². The van der Waals surface area contributed by atoms with Crippen LogP contribution in [0.25, 0.3) is 10.8 Å². The van der Waals surface area contributed by atoms with E-state index in [9.17, 15) is 19.2 Å². The number of thiophene rings is 1. The standard InChI is InChI=1S/C27H25N3O5S2/c1-2-35-26(34)22-16-9-5-12-19(16)37-23(22)29-27(36)28-20(31)13-6-14-30-24(32)17-10-3-7-15-8-4-11-18(21(15)17)25(30)33/h3-4,7-8,10-11H,2,5-6,9,12-14H2,1H3,(H2,28,29,31,36). The Morgan fingerprint density at radius 3 is 2.46 bits per heavy atom. The Hall–Kier alpha value is -3.63. The van der Waals surface area contributed by atoms with Crippen molar-refractivity contribution >= 4 is 68.1 Å². The fourth-order valence-corrected chi connectivity index (χ4v) is 6.48. The van der Waals surface area contributed by atoms with E-state index in [-0.39, 0.29) is 48.8 Å². The molecule has 0 bridgehead atoms. The van der Waals surface area contributed by atoms with Crippen molar-refractivity contribution in [3.8, 4) is 0 Å². The molecule has 0 radical (unpaired) electrons. The van der Waals surface area contributed by atoms with Crippen molar-refractivity contribution in [2.45, 2.75) is 39.0 Å². The summed E-state index contributed by atoms with van der Waals surface area (Å²) in [6.45, 7) is 2.14. The number of imide groups is 1. The maximum Gasteiger partial charge on any atom is 0.341 e. The van der Waals surface area contributed by atoms with Crippen molar-refractivity contribution in [3.05, 3.63) is 63.5 Å². The lowest BCUT2D eigenvalue weighted by molar-refractivity contribution is -0.119. The zero-order chi connectivity index (χ0) is 26.1. The van der Waals surface area contributed by atoms with Crippen LogP contribution in [0.4, 0.5) is 5.00 Å². The van der Waals surface area contributed by atoms with Gasteiger partial charge in [-0.25, -0.2) is 4.79 Å². The normalized spacial score (nSPS) is 14.0. The Balaban J connectivity index is 1.18. The lowest BCUT2D eigenvalue weighted by atomic mass is 9.94. The molecule has 0 saturated carbocycles. The second-order valence-corrected chi connectivity index (χ2v) is 10.4. The molecule has 1 aliphatic heterocycles. The molecule has 0 spiro atoms. The van der Waals surface area contributed by atoms with Gasteiger partial charge in [-0.3, -0.25) is 19.3 Å². The zero-order valence-corrected chi connectivity index (χ0v) is 21.9. The molecule has 0 fully saturated rings. The number of nitrogens with zero attached hydrogens (tertiary/aromatic N) is 1. The van der Waals surface area contributed by atoms with Gasteiger partial charge in [-0.2, -0.15) is 0 Å². The Labute approximate surface area is 223 Å². The average molecular weight is 536 g/mol. The van der Waals surface area contributed by atoms with Gasteiger partial charge >= 0.3 is 5.97 Å². The van der Waals surface area contributed by atoms with Crippen LogP contribution in [-0.4, -0.2) is 46.9 Å². The molecule has 2 N–H and O–H groups in total. The summed E-state index contributed by atoms with van der Waals surface area (Å²) >= 11 is 6.77. The molecule has 8 nitrogen and oxygen atoms in total. The van der Waals surface area contributed by atoms with Gasteiger partial charge in [0.2, 0.25) is 5.91 Å². The van der Waals surface area contributed by atoms with Gasteiger partial charge < -0.3 is 15.4 Å². The van der Waals surface area contributed by atoms with Crippen LogP contribution < -0.4 is 10.6 Å². The molecule has 0 atom stereocenters. The van der Waals surface area contributed by atoms with Crippen LogP contribution in [0, 0.1) is 0 Å². The van der Waals surface area contributed by atoms with E-state index in [1.165, 1.54) is 16.2 Å². The lowest BCUT2D eigenvalue weighted by Gasteiger charge is -2.27. The zero-order valence-electron chi connectivity index (χ0n) is 20.2. The monoisotopic (exact) mass is 535 g/mol. The number of benzene rings is 2. The average Bonchev–Trinajstić information content (AvgIpc) is 3.45. The van der Waals surface area contributed by atoms with Crippen LogP contribution in [0.15, 0.2) is 36.4 Å². The predicted octanol–water partition coefficient (Wildman–Crippen LogP) is 4.46. The molecule has 2 aromatic carbocycles. The first-order valence-corrected chi connectivity index (χ1v) is 13.4. The van der Waals surface area contributed by atoms with Gasteiger partial charge in [0.25, 0.3) is 11.8 Å². The number of rotatable bonds is 7. The van der Waals surface area contributed by atoms with Crippen molar-refractivity contribution in [3.63, 3.8) is 0 Å². The molecule has 10 heteroatoms. The highest BCUT2D eigenvalue weighted by molar-refractivity contribution is 7.80. The van der Waals surface area contributed by atoms with Crippen molar-refractivity contribution in [1.82, 2.24) is 10.2 Å². The Morgan fingerprint density at radius 1 is 1.08 bits per heavy atom. The maximum atomic E-state index is 13.0. The number of anilines is 1. The summed E-state index contributed by atoms with van der Waals surface area (Å²) in [6.07, 6.45) is 3.06. The van der Waals surface area contributed by atoms with Crippen LogP contribution in [-0.2, 0) is 22.4 Å². The van der Waals surface area contributed by atoms with Gasteiger partial charge in [0, 0.05) is 34.4 Å². The largest absolute Gasteiger partial charge is 0.462 e. The minimum atomic E-state index is -0.397. The molecular formula is C27H25N3O5S2. The van der Waals surface area contributed by atoms with Crippen LogP contribution >= 0.6 is 23.6 Å². The van der Waals surface area contributed by atoms with Crippen LogP contribution in [0.3, 0.4) is 0 Å². The van der Waals surface area contributed by atoms with Crippen LogP contribution in [0.2, 0.25) is 0 Å². The van der Waals surface area contributed by atoms with E-state index in [1.54, 1.807) is 31.2 Å². The summed E-state index contributed by atoms with van der Waals surface area (Å²) in [5.41, 5.74) is 2.46. The predicted molar refractivity (Wildman–Crippen MR) is 145 cm³/mol. The second kappa shape index (κ2) is 10.4. The highest BCUT2D eigenvalue weighted by Gasteiger charge is 2.32. The summed E-state index contributed by atoms with van der Waals surface area (Å²) in [5, 5.41) is 7.79. The molecule has 5 rings (SSSR count). The molecule has 2 heterocycles. The summed E-state index contributed by atoms with van der Waals surface area (Å²) in [4.78, 5) is 53.4. The Kier molecular flexibility index (Phi) is 7.03. The van der Waals surface area contributed by atoms with Gasteiger partial charge in [-0.1, -0.05) is 24.3 Å². The number of thiocarbonyl (C=S) groups is 1. The molecule has 37 heavy (non-hydrogen) atoms. The van der Waals surface area contributed by atoms with Gasteiger partial charge in [0.1, 0.15) is 5.00 Å². The third-order valence-corrected chi connectivity index (χ3v) is 7.93. The molecule has 2 aliphatic rings. The quantitative estimate of drug-likeness (QED) is 0.262. The van der Waals surface area contributed by atoms with Crippen molar-refractivity contribution in [2.24, 2.45) is 0 Å². The van der Waals surface area contributed by atoms with E-state index in [2.05, 4.69) is 10.6 Å². The van der Waals surface area contributed by atoms with E-state index >= 15 is 0 Å². The fraction of sp³-hybridized carbons (Fsp3) is 0.296. The molecular weight excluding hydrogens is 510 g/mol. The van der Waals surface area contributed by atoms with E-state index in [1.807, 2.05) is 12.1 Å². The number of amides is 3. The number of hydrogen-bond acceptors (Lipinski definition) is 7. The van der Waals surface area contributed by atoms with E-state index < -0.39 is 5.97 Å². The molecule has 190 valence electrons. The van der Waals surface area contributed by atoms with Gasteiger partial charge in [-0.05, 0) is 67.9 Å². The number of fused-ring (bicyclic) bond motifs is 1. The maximum absolute atomic E-state index is 13.0. The first kappa shape index (κ1) is 25.0. The first-order chi connectivity index (χ1) is 17.9. The number of carbonyl (C=O) groups is 4. The highest BCUT2D eigenvalue weighted by Crippen LogP contribution is 2.39. The summed E-state index contributed by atoms with van der Waals surface area (Å²) in [5.74, 6) is -1.46. The molecule has 0 unspecified atom stereocenters. The highest BCUT2D eigenvalue weighted by atomic mass is 32.1. The second-order valence-electron chi connectivity index (χ2n) is 8.86. The number of ether oxygens (including phenoxy) is 1. The molecule has 3 amide bonds. The Morgan fingerprint density at radius 2 is 1.78 bits per heavy atom. The van der Waals surface area contributed by atoms with Gasteiger partial charge in [-0.15, -0.1) is 11.3 Å². The van der Waals surface area contributed by atoms with E-state index in [4.69, 9.17) is 17.0 Å². The smallest absolute Gasteiger partial charge is 0.341 e. The van der Waals surface area contributed by atoms with Crippen molar-refractivity contribution < 1.29 is 23.9 Å². The number of aryl methyl sites for hydroxylation is 1. The van der Waals surface area contributed by atoms with E-state index in [0.29, 0.717) is 27.1 Å². The summed E-state index contributed by atoms with van der Waals surface area (Å²) < 4.78 is 5.22. The van der Waals surface area contributed by atoms with E-state index in [0.717, 1.165) is 35.1 Å². The summed E-state index contributed by atoms with van der Waals surface area (Å²) in [6, 6.07) is 10.8. The fourth-order valence-electron chi connectivity index (χ4n) is 4.92. The first-order valence-electron chi connectivity index (χ1n) is 12.2. The third-order valence-electron chi connectivity index (χ3n) is 6.52. The minimum Gasteiger partial charge on any atom is -0.462 e. The third kappa shape index (κ3) is 4.74. The number of hydrogen-bond donors (Lipinski definition) is 2. The minimum absolute atomic E-state index is 0.0659. The SMILES string of the molecule is CCOC(=O)c1c(NC(=S)NC(=O)CCCN2C(=O)c3cccc4cccc(c34)C2=O)sc2c1CCC2. The van der Waals surface area contributed by atoms with Crippen molar-refractivity contribution in [2.75, 3.05) is 18.5 Å². The van der Waals surface area contributed by atoms with Gasteiger partial charge in [0.05, 0.1) is 12.2 Å². The number of nitrogens with one attached hydrogen (secondary N) is 2. The van der Waals surface area contributed by atoms with Crippen molar-refractivity contribution in [1.29, 1.82) is 0 Å². The Bertz CT molecular complexity index is 1410.